The molecule has 0 bridgehead atoms. The van der Waals surface area contributed by atoms with E-state index < -0.39 is 0 Å². The number of methoxy groups -OCH3 is 1. The molecule has 1 aromatic carbocycles. The summed E-state index contributed by atoms with van der Waals surface area (Å²) >= 11 is 0. The average Bonchev–Trinajstić information content (AvgIpc) is 2.42. The molecule has 0 heterocycles. The minimum absolute atomic E-state index is 0.0274. The molecule has 0 aliphatic carbocycles. The Morgan fingerprint density at radius 3 is 2.50 bits per heavy atom. The van der Waals surface area contributed by atoms with Crippen LogP contribution in [0, 0.1) is 0 Å². The quantitative estimate of drug-likeness (QED) is 0.900. The number of ether oxygens (including phenoxy) is 1. The van der Waals surface area contributed by atoms with E-state index in [2.05, 4.69) is 5.32 Å². The molecule has 0 saturated carbocycles. The predicted molar refractivity (Wildman–Crippen MR) is 81.9 cm³/mol. The van der Waals surface area contributed by atoms with Gasteiger partial charge in [0.05, 0.1) is 19.7 Å². The highest BCUT2D eigenvalue weighted by Gasteiger charge is 2.21. The Morgan fingerprint density at radius 2 is 1.95 bits per heavy atom. The summed E-state index contributed by atoms with van der Waals surface area (Å²) in [7, 11) is 3.47. The van der Waals surface area contributed by atoms with Crippen LogP contribution >= 0.6 is 0 Å². The molecule has 4 heteroatoms. The number of para-hydroxylation sites is 1. The van der Waals surface area contributed by atoms with Crippen LogP contribution in [0.5, 0.6) is 5.75 Å². The first-order chi connectivity index (χ1) is 9.26. The predicted octanol–water partition coefficient (Wildman–Crippen LogP) is 2.60. The van der Waals surface area contributed by atoms with E-state index in [1.54, 1.807) is 12.0 Å². The SMILES string of the molecule is COc1ccccc1C(C)N(C)C(=O)CNC(C)(C)C. The lowest BCUT2D eigenvalue weighted by atomic mass is 10.1. The first kappa shape index (κ1) is 16.5. The number of nitrogens with zero attached hydrogens (tertiary/aromatic N) is 1. The molecule has 1 atom stereocenters. The summed E-state index contributed by atoms with van der Waals surface area (Å²) in [4.78, 5) is 14.0. The van der Waals surface area contributed by atoms with Gasteiger partial charge in [-0.15, -0.1) is 0 Å². The van der Waals surface area contributed by atoms with E-state index in [4.69, 9.17) is 4.74 Å². The van der Waals surface area contributed by atoms with Crippen LogP contribution in [0.1, 0.15) is 39.3 Å². The van der Waals surface area contributed by atoms with Gasteiger partial charge < -0.3 is 15.0 Å². The number of nitrogens with one attached hydrogen (secondary N) is 1. The van der Waals surface area contributed by atoms with Crippen molar-refractivity contribution in [2.24, 2.45) is 0 Å². The molecule has 1 amide bonds. The largest absolute Gasteiger partial charge is 0.496 e. The van der Waals surface area contributed by atoms with Crippen LogP contribution < -0.4 is 10.1 Å². The number of hydrogen-bond acceptors (Lipinski definition) is 3. The fraction of sp³-hybridized carbons (Fsp3) is 0.562. The third-order valence-corrected chi connectivity index (χ3v) is 3.33. The minimum Gasteiger partial charge on any atom is -0.496 e. The molecule has 20 heavy (non-hydrogen) atoms. The van der Waals surface area contributed by atoms with Crippen molar-refractivity contribution in [2.75, 3.05) is 20.7 Å². The first-order valence-corrected chi connectivity index (χ1v) is 6.90. The molecular formula is C16H26N2O2. The Balaban J connectivity index is 2.75. The molecule has 0 aromatic heterocycles. The fourth-order valence-electron chi connectivity index (χ4n) is 1.90. The number of benzene rings is 1. The Bertz CT molecular complexity index is 452. The minimum atomic E-state index is -0.0653. The number of carbonyl (C=O) groups excluding carboxylic acids is 1. The van der Waals surface area contributed by atoms with Gasteiger partial charge in [-0.1, -0.05) is 18.2 Å². The zero-order valence-electron chi connectivity index (χ0n) is 13.4. The van der Waals surface area contributed by atoms with Crippen LogP contribution in [-0.4, -0.2) is 37.0 Å². The van der Waals surface area contributed by atoms with E-state index in [0.29, 0.717) is 6.54 Å². The molecule has 0 aliphatic heterocycles. The van der Waals surface area contributed by atoms with Gasteiger partial charge in [0.1, 0.15) is 5.75 Å². The lowest BCUT2D eigenvalue weighted by molar-refractivity contribution is -0.131. The summed E-state index contributed by atoms with van der Waals surface area (Å²) in [6.07, 6.45) is 0. The Morgan fingerprint density at radius 1 is 1.35 bits per heavy atom. The summed E-state index contributed by atoms with van der Waals surface area (Å²) in [5.74, 6) is 0.877. The third kappa shape index (κ3) is 4.53. The van der Waals surface area contributed by atoms with Crippen molar-refractivity contribution in [2.45, 2.75) is 39.3 Å². The summed E-state index contributed by atoms with van der Waals surface area (Å²) in [6.45, 7) is 8.48. The van der Waals surface area contributed by atoms with Gasteiger partial charge in [-0.3, -0.25) is 4.79 Å². The highest BCUT2D eigenvalue weighted by atomic mass is 16.5. The Labute approximate surface area is 122 Å². The number of hydrogen-bond donors (Lipinski definition) is 1. The summed E-state index contributed by atoms with van der Waals surface area (Å²) in [6, 6.07) is 7.76. The summed E-state index contributed by atoms with van der Waals surface area (Å²) < 4.78 is 5.36. The van der Waals surface area contributed by atoms with E-state index in [1.807, 2.05) is 59.0 Å². The monoisotopic (exact) mass is 278 g/mol. The number of amides is 1. The van der Waals surface area contributed by atoms with E-state index >= 15 is 0 Å². The molecule has 0 spiro atoms. The smallest absolute Gasteiger partial charge is 0.236 e. The Kier molecular flexibility index (Phi) is 5.57. The van der Waals surface area contributed by atoms with Gasteiger partial charge in [-0.25, -0.2) is 0 Å². The van der Waals surface area contributed by atoms with E-state index in [-0.39, 0.29) is 17.5 Å². The summed E-state index contributed by atoms with van der Waals surface area (Å²) in [5, 5.41) is 3.22. The zero-order valence-corrected chi connectivity index (χ0v) is 13.4. The number of rotatable bonds is 5. The number of carbonyl (C=O) groups is 1. The van der Waals surface area contributed by atoms with Crippen molar-refractivity contribution >= 4 is 5.91 Å². The number of likely N-dealkylation sites (N-methyl/N-ethyl adjacent to an activating group) is 1. The van der Waals surface area contributed by atoms with Crippen LogP contribution in [0.25, 0.3) is 0 Å². The van der Waals surface area contributed by atoms with Gasteiger partial charge in [-0.05, 0) is 33.8 Å². The zero-order chi connectivity index (χ0) is 15.3. The van der Waals surface area contributed by atoms with Gasteiger partial charge in [0, 0.05) is 18.2 Å². The van der Waals surface area contributed by atoms with Crippen molar-refractivity contribution in [1.82, 2.24) is 10.2 Å². The van der Waals surface area contributed by atoms with Gasteiger partial charge in [0.25, 0.3) is 0 Å². The van der Waals surface area contributed by atoms with E-state index in [9.17, 15) is 4.79 Å². The van der Waals surface area contributed by atoms with Crippen LogP contribution in [0.2, 0.25) is 0 Å². The van der Waals surface area contributed by atoms with Gasteiger partial charge in [0.2, 0.25) is 5.91 Å². The maximum atomic E-state index is 12.2. The standard InChI is InChI=1S/C16H26N2O2/c1-12(13-9-7-8-10-14(13)20-6)18(5)15(19)11-17-16(2,3)4/h7-10,12,17H,11H2,1-6H3. The average molecular weight is 278 g/mol. The molecule has 1 aromatic rings. The molecule has 112 valence electrons. The maximum absolute atomic E-state index is 12.2. The van der Waals surface area contributed by atoms with Crippen LogP contribution in [0.3, 0.4) is 0 Å². The lowest BCUT2D eigenvalue weighted by Gasteiger charge is -2.28. The highest BCUT2D eigenvalue weighted by molar-refractivity contribution is 5.78. The first-order valence-electron chi connectivity index (χ1n) is 6.90. The Hall–Kier alpha value is -1.55. The second-order valence-electron chi connectivity index (χ2n) is 6.03. The third-order valence-electron chi connectivity index (χ3n) is 3.33. The van der Waals surface area contributed by atoms with E-state index in [0.717, 1.165) is 11.3 Å². The molecule has 0 saturated heterocycles. The van der Waals surface area contributed by atoms with Crippen molar-refractivity contribution < 1.29 is 9.53 Å². The highest BCUT2D eigenvalue weighted by Crippen LogP contribution is 2.27. The maximum Gasteiger partial charge on any atom is 0.236 e. The molecule has 1 rings (SSSR count). The van der Waals surface area contributed by atoms with Crippen molar-refractivity contribution in [1.29, 1.82) is 0 Å². The van der Waals surface area contributed by atoms with Crippen LogP contribution in [0.4, 0.5) is 0 Å². The molecule has 0 fully saturated rings. The van der Waals surface area contributed by atoms with Crippen molar-refractivity contribution in [3.05, 3.63) is 29.8 Å². The molecule has 1 unspecified atom stereocenters. The topological polar surface area (TPSA) is 41.6 Å². The normalized spacial score (nSPS) is 12.9. The second-order valence-corrected chi connectivity index (χ2v) is 6.03. The fourth-order valence-corrected chi connectivity index (χ4v) is 1.90. The van der Waals surface area contributed by atoms with Crippen LogP contribution in [-0.2, 0) is 4.79 Å². The van der Waals surface area contributed by atoms with Crippen LogP contribution in [0.15, 0.2) is 24.3 Å². The van der Waals surface area contributed by atoms with Crippen molar-refractivity contribution in [3.8, 4) is 5.75 Å². The molecule has 0 aliphatic rings. The molecule has 0 radical (unpaired) electrons. The van der Waals surface area contributed by atoms with Gasteiger partial charge >= 0.3 is 0 Å². The summed E-state index contributed by atoms with van der Waals surface area (Å²) in [5.41, 5.74) is 0.950. The van der Waals surface area contributed by atoms with Crippen molar-refractivity contribution in [3.63, 3.8) is 0 Å². The molecule has 4 nitrogen and oxygen atoms in total. The van der Waals surface area contributed by atoms with Gasteiger partial charge in [-0.2, -0.15) is 0 Å². The lowest BCUT2D eigenvalue weighted by Crippen LogP contribution is -2.44. The second kappa shape index (κ2) is 6.75. The molecule has 1 N–H and O–H groups in total. The van der Waals surface area contributed by atoms with E-state index in [1.165, 1.54) is 0 Å². The molecular weight excluding hydrogens is 252 g/mol. The van der Waals surface area contributed by atoms with Gasteiger partial charge in [0.15, 0.2) is 0 Å².